The van der Waals surface area contributed by atoms with Gasteiger partial charge < -0.3 is 4.74 Å². The molecule has 1 saturated carbocycles. The van der Waals surface area contributed by atoms with Gasteiger partial charge in [0.2, 0.25) is 0 Å². The lowest BCUT2D eigenvalue weighted by molar-refractivity contribution is 0.286. The van der Waals surface area contributed by atoms with Gasteiger partial charge in [-0.1, -0.05) is 0 Å². The van der Waals surface area contributed by atoms with Crippen LogP contribution in [0.4, 0.5) is 8.78 Å². The summed E-state index contributed by atoms with van der Waals surface area (Å²) in [6.45, 7) is 1.41. The quantitative estimate of drug-likeness (QED) is 0.686. The zero-order valence-electron chi connectivity index (χ0n) is 7.31. The lowest BCUT2D eigenvalue weighted by Gasteiger charge is -2.07. The van der Waals surface area contributed by atoms with Gasteiger partial charge >= 0.3 is 0 Å². The van der Waals surface area contributed by atoms with Crippen LogP contribution in [0.1, 0.15) is 18.4 Å². The van der Waals surface area contributed by atoms with Gasteiger partial charge in [0.25, 0.3) is 0 Å². The standard InChI is InChI=1S/C10H10F2O/c1-6-8(11)4-5-9(10(6)12)13-7-2-3-7/h4-5,7H,2-3H2,1H3. The van der Waals surface area contributed by atoms with Crippen molar-refractivity contribution in [3.05, 3.63) is 29.3 Å². The maximum Gasteiger partial charge on any atom is 0.170 e. The summed E-state index contributed by atoms with van der Waals surface area (Å²) in [7, 11) is 0. The van der Waals surface area contributed by atoms with Crippen molar-refractivity contribution < 1.29 is 13.5 Å². The van der Waals surface area contributed by atoms with Gasteiger partial charge in [-0.05, 0) is 31.9 Å². The summed E-state index contributed by atoms with van der Waals surface area (Å²) in [6, 6.07) is 2.58. The predicted molar refractivity (Wildman–Crippen MR) is 44.7 cm³/mol. The molecule has 0 bridgehead atoms. The van der Waals surface area contributed by atoms with E-state index in [-0.39, 0.29) is 17.4 Å². The number of benzene rings is 1. The molecule has 1 aliphatic rings. The van der Waals surface area contributed by atoms with Crippen LogP contribution >= 0.6 is 0 Å². The highest BCUT2D eigenvalue weighted by atomic mass is 19.1. The second-order valence-electron chi connectivity index (χ2n) is 3.30. The van der Waals surface area contributed by atoms with Crippen LogP contribution in [0.2, 0.25) is 0 Å². The van der Waals surface area contributed by atoms with E-state index in [9.17, 15) is 8.78 Å². The minimum atomic E-state index is -0.577. The van der Waals surface area contributed by atoms with Gasteiger partial charge in [0.1, 0.15) is 5.82 Å². The minimum Gasteiger partial charge on any atom is -0.487 e. The zero-order chi connectivity index (χ0) is 9.42. The first-order valence-electron chi connectivity index (χ1n) is 4.29. The Morgan fingerprint density at radius 2 is 2.00 bits per heavy atom. The molecule has 0 aliphatic heterocycles. The third kappa shape index (κ3) is 1.64. The topological polar surface area (TPSA) is 9.23 Å². The summed E-state index contributed by atoms with van der Waals surface area (Å²) in [6.07, 6.45) is 2.07. The van der Waals surface area contributed by atoms with Crippen LogP contribution in [0, 0.1) is 18.6 Å². The Kier molecular flexibility index (Phi) is 1.94. The van der Waals surface area contributed by atoms with Crippen LogP contribution in [-0.4, -0.2) is 6.10 Å². The van der Waals surface area contributed by atoms with Crippen molar-refractivity contribution in [2.45, 2.75) is 25.9 Å². The largest absolute Gasteiger partial charge is 0.487 e. The van der Waals surface area contributed by atoms with E-state index in [1.165, 1.54) is 19.1 Å². The highest BCUT2D eigenvalue weighted by Gasteiger charge is 2.25. The monoisotopic (exact) mass is 184 g/mol. The van der Waals surface area contributed by atoms with Crippen molar-refractivity contribution in [1.82, 2.24) is 0 Å². The minimum absolute atomic E-state index is 0.0261. The molecular weight excluding hydrogens is 174 g/mol. The fraction of sp³-hybridized carbons (Fsp3) is 0.400. The van der Waals surface area contributed by atoms with Gasteiger partial charge in [0.05, 0.1) is 6.10 Å². The van der Waals surface area contributed by atoms with Gasteiger partial charge in [0.15, 0.2) is 11.6 Å². The Labute approximate surface area is 75.3 Å². The van der Waals surface area contributed by atoms with Gasteiger partial charge in [-0.3, -0.25) is 0 Å². The molecule has 0 radical (unpaired) electrons. The first kappa shape index (κ1) is 8.48. The van der Waals surface area contributed by atoms with E-state index >= 15 is 0 Å². The fourth-order valence-electron chi connectivity index (χ4n) is 1.09. The molecule has 0 unspecified atom stereocenters. The Bertz CT molecular complexity index is 332. The molecule has 0 heterocycles. The summed E-state index contributed by atoms with van der Waals surface area (Å²) in [4.78, 5) is 0. The Morgan fingerprint density at radius 1 is 1.31 bits per heavy atom. The third-order valence-corrected chi connectivity index (χ3v) is 2.10. The molecule has 0 aromatic heterocycles. The van der Waals surface area contributed by atoms with Crippen molar-refractivity contribution in [2.24, 2.45) is 0 Å². The highest BCUT2D eigenvalue weighted by Crippen LogP contribution is 2.30. The molecule has 1 aromatic carbocycles. The van der Waals surface area contributed by atoms with E-state index in [4.69, 9.17) is 4.74 Å². The first-order chi connectivity index (χ1) is 6.18. The molecule has 3 heteroatoms. The van der Waals surface area contributed by atoms with Crippen LogP contribution in [0.15, 0.2) is 12.1 Å². The van der Waals surface area contributed by atoms with E-state index in [2.05, 4.69) is 0 Å². The Hall–Kier alpha value is -1.12. The molecule has 0 amide bonds. The van der Waals surface area contributed by atoms with Crippen LogP contribution in [0.5, 0.6) is 5.75 Å². The average Bonchev–Trinajstić information content (AvgIpc) is 2.90. The van der Waals surface area contributed by atoms with E-state index in [1.807, 2.05) is 0 Å². The summed E-state index contributed by atoms with van der Waals surface area (Å²) in [5.74, 6) is -0.936. The number of hydrogen-bond acceptors (Lipinski definition) is 1. The normalized spacial score (nSPS) is 15.9. The van der Waals surface area contributed by atoms with Crippen molar-refractivity contribution >= 4 is 0 Å². The molecule has 0 atom stereocenters. The molecule has 1 fully saturated rings. The molecular formula is C10H10F2O. The maximum absolute atomic E-state index is 13.3. The van der Waals surface area contributed by atoms with Gasteiger partial charge in [-0.15, -0.1) is 0 Å². The highest BCUT2D eigenvalue weighted by molar-refractivity contribution is 5.31. The second-order valence-corrected chi connectivity index (χ2v) is 3.30. The van der Waals surface area contributed by atoms with Crippen LogP contribution in [0.3, 0.4) is 0 Å². The third-order valence-electron chi connectivity index (χ3n) is 2.10. The van der Waals surface area contributed by atoms with Crippen LogP contribution in [-0.2, 0) is 0 Å². The maximum atomic E-state index is 13.3. The van der Waals surface area contributed by atoms with Crippen molar-refractivity contribution in [3.8, 4) is 5.75 Å². The van der Waals surface area contributed by atoms with Gasteiger partial charge in [-0.25, -0.2) is 8.78 Å². The van der Waals surface area contributed by atoms with Crippen LogP contribution < -0.4 is 4.74 Å². The fourth-order valence-corrected chi connectivity index (χ4v) is 1.09. The Balaban J connectivity index is 2.29. The summed E-state index contributed by atoms with van der Waals surface area (Å²) in [5.41, 5.74) is 0.0261. The van der Waals surface area contributed by atoms with Crippen LogP contribution in [0.25, 0.3) is 0 Å². The van der Waals surface area contributed by atoms with E-state index in [0.29, 0.717) is 0 Å². The lowest BCUT2D eigenvalue weighted by Crippen LogP contribution is -2.00. The SMILES string of the molecule is Cc1c(F)ccc(OC2CC2)c1F. The molecule has 0 spiro atoms. The Morgan fingerprint density at radius 3 is 2.62 bits per heavy atom. The molecule has 1 nitrogen and oxygen atoms in total. The first-order valence-corrected chi connectivity index (χ1v) is 4.29. The molecule has 0 saturated heterocycles. The smallest absolute Gasteiger partial charge is 0.170 e. The molecule has 2 rings (SSSR count). The number of rotatable bonds is 2. The number of hydrogen-bond donors (Lipinski definition) is 0. The second kappa shape index (κ2) is 2.98. The molecule has 0 N–H and O–H groups in total. The van der Waals surface area contributed by atoms with Crippen molar-refractivity contribution in [2.75, 3.05) is 0 Å². The molecule has 13 heavy (non-hydrogen) atoms. The number of ether oxygens (including phenoxy) is 1. The van der Waals surface area contributed by atoms with Gasteiger partial charge in [-0.2, -0.15) is 0 Å². The molecule has 70 valence electrons. The summed E-state index contributed by atoms with van der Waals surface area (Å²) in [5, 5.41) is 0. The van der Waals surface area contributed by atoms with Gasteiger partial charge in [0, 0.05) is 5.56 Å². The molecule has 1 aliphatic carbocycles. The zero-order valence-corrected chi connectivity index (χ0v) is 7.31. The van der Waals surface area contributed by atoms with E-state index in [0.717, 1.165) is 12.8 Å². The lowest BCUT2D eigenvalue weighted by atomic mass is 10.2. The summed E-state index contributed by atoms with van der Waals surface area (Å²) < 4.78 is 31.4. The van der Waals surface area contributed by atoms with Crippen molar-refractivity contribution in [3.63, 3.8) is 0 Å². The van der Waals surface area contributed by atoms with E-state index < -0.39 is 11.6 Å². The summed E-state index contributed by atoms with van der Waals surface area (Å²) >= 11 is 0. The van der Waals surface area contributed by atoms with Crippen molar-refractivity contribution in [1.29, 1.82) is 0 Å². The molecule has 1 aromatic rings. The number of halogens is 2. The van der Waals surface area contributed by atoms with E-state index in [1.54, 1.807) is 0 Å². The predicted octanol–water partition coefficient (Wildman–Crippen LogP) is 2.81. The average molecular weight is 184 g/mol.